The number of sulfone groups is 1. The van der Waals surface area contributed by atoms with E-state index in [4.69, 9.17) is 0 Å². The Hall–Kier alpha value is -3.44. The molecule has 0 radical (unpaired) electrons. The third kappa shape index (κ3) is 5.19. The van der Waals surface area contributed by atoms with Crippen molar-refractivity contribution in [3.63, 3.8) is 0 Å². The van der Waals surface area contributed by atoms with Gasteiger partial charge in [0.25, 0.3) is 5.91 Å². The number of fused-ring (bicyclic) bond motifs is 1. The van der Waals surface area contributed by atoms with Crippen LogP contribution >= 0.6 is 11.3 Å². The second-order valence-corrected chi connectivity index (χ2v) is 12.2. The van der Waals surface area contributed by atoms with Crippen molar-refractivity contribution in [1.82, 2.24) is 9.88 Å². The molecule has 0 bridgehead atoms. The number of anilines is 2. The van der Waals surface area contributed by atoms with Crippen molar-refractivity contribution in [2.75, 3.05) is 18.4 Å². The van der Waals surface area contributed by atoms with E-state index in [9.17, 15) is 26.4 Å². The second-order valence-electron chi connectivity index (χ2n) is 8.76. The average Bonchev–Trinajstić information content (AvgIpc) is 3.44. The molecule has 1 aliphatic heterocycles. The van der Waals surface area contributed by atoms with Crippen molar-refractivity contribution in [2.24, 2.45) is 0 Å². The molecule has 0 saturated carbocycles. The zero-order chi connectivity index (χ0) is 26.2. The first-order valence-corrected chi connectivity index (χ1v) is 14.0. The van der Waals surface area contributed by atoms with Gasteiger partial charge in [-0.3, -0.25) is 9.78 Å². The van der Waals surface area contributed by atoms with Crippen LogP contribution in [0.5, 0.6) is 0 Å². The van der Waals surface area contributed by atoms with Gasteiger partial charge in [0.05, 0.1) is 16.3 Å². The third-order valence-corrected chi connectivity index (χ3v) is 10.1. The summed E-state index contributed by atoms with van der Waals surface area (Å²) in [6, 6.07) is 15.2. The van der Waals surface area contributed by atoms with E-state index in [1.807, 2.05) is 0 Å². The number of benzene rings is 2. The van der Waals surface area contributed by atoms with Gasteiger partial charge in [0, 0.05) is 41.6 Å². The molecule has 1 saturated heterocycles. The van der Waals surface area contributed by atoms with Crippen molar-refractivity contribution in [1.29, 1.82) is 0 Å². The SMILES string of the molecule is O=C(c1ccc(Nc2ccnc3cc(C(F)(F)F)ccc23)cc1)N1CCC(S(=O)(=O)c2cccs2)CC1. The lowest BCUT2D eigenvalue weighted by atomic mass is 10.1. The number of thiophene rings is 1. The van der Waals surface area contributed by atoms with Gasteiger partial charge in [0.1, 0.15) is 4.21 Å². The normalized spacial score (nSPS) is 15.2. The molecule has 0 atom stereocenters. The van der Waals surface area contributed by atoms with Crippen LogP contribution in [-0.4, -0.2) is 42.5 Å². The van der Waals surface area contributed by atoms with Crippen LogP contribution < -0.4 is 5.32 Å². The molecule has 3 heterocycles. The summed E-state index contributed by atoms with van der Waals surface area (Å²) >= 11 is 1.21. The molecule has 0 unspecified atom stereocenters. The standard InChI is InChI=1S/C26H22F3N3O3S2/c27-26(28,29)18-5-8-21-22(9-12-30-23(21)16-18)31-19-6-3-17(4-7-19)25(33)32-13-10-20(11-14-32)37(34,35)24-2-1-15-36-24/h1-9,12,15-16,20H,10-11,13-14H2,(H,30,31). The maximum Gasteiger partial charge on any atom is 0.416 e. The number of nitrogens with one attached hydrogen (secondary N) is 1. The minimum atomic E-state index is -4.45. The average molecular weight is 546 g/mol. The fourth-order valence-electron chi connectivity index (χ4n) is 4.43. The predicted octanol–water partition coefficient (Wildman–Crippen LogP) is 6.14. The summed E-state index contributed by atoms with van der Waals surface area (Å²) in [7, 11) is -3.38. The number of piperidine rings is 1. The highest BCUT2D eigenvalue weighted by molar-refractivity contribution is 7.94. The van der Waals surface area contributed by atoms with Crippen LogP contribution in [0.2, 0.25) is 0 Å². The number of hydrogen-bond donors (Lipinski definition) is 1. The van der Waals surface area contributed by atoms with Gasteiger partial charge in [0.15, 0.2) is 9.84 Å². The van der Waals surface area contributed by atoms with E-state index in [2.05, 4.69) is 10.3 Å². The highest BCUT2D eigenvalue weighted by Gasteiger charge is 2.33. The molecule has 2 aromatic carbocycles. The van der Waals surface area contributed by atoms with Gasteiger partial charge in [-0.25, -0.2) is 8.42 Å². The molecule has 1 aliphatic rings. The predicted molar refractivity (Wildman–Crippen MR) is 137 cm³/mol. The molecule has 0 spiro atoms. The summed E-state index contributed by atoms with van der Waals surface area (Å²) in [5.74, 6) is -0.174. The number of pyridine rings is 1. The van der Waals surface area contributed by atoms with Gasteiger partial charge in [-0.05, 0) is 66.8 Å². The van der Waals surface area contributed by atoms with Gasteiger partial charge in [-0.15, -0.1) is 11.3 Å². The Morgan fingerprint density at radius 2 is 1.76 bits per heavy atom. The monoisotopic (exact) mass is 545 g/mol. The van der Waals surface area contributed by atoms with E-state index in [0.717, 1.165) is 12.1 Å². The molecule has 37 heavy (non-hydrogen) atoms. The number of nitrogens with zero attached hydrogens (tertiary/aromatic N) is 2. The number of halogens is 3. The lowest BCUT2D eigenvalue weighted by Crippen LogP contribution is -2.42. The van der Waals surface area contributed by atoms with E-state index < -0.39 is 26.8 Å². The molecule has 1 fully saturated rings. The lowest BCUT2D eigenvalue weighted by Gasteiger charge is -2.31. The zero-order valence-electron chi connectivity index (χ0n) is 19.4. The van der Waals surface area contributed by atoms with Crippen LogP contribution in [0.15, 0.2) is 76.4 Å². The van der Waals surface area contributed by atoms with Gasteiger partial charge >= 0.3 is 6.18 Å². The Bertz CT molecular complexity index is 1530. The van der Waals surface area contributed by atoms with Crippen LogP contribution in [0, 0.1) is 0 Å². The molecule has 192 valence electrons. The van der Waals surface area contributed by atoms with E-state index in [1.165, 1.54) is 23.6 Å². The number of alkyl halides is 3. The van der Waals surface area contributed by atoms with E-state index in [0.29, 0.717) is 52.5 Å². The molecule has 4 aromatic rings. The summed E-state index contributed by atoms with van der Waals surface area (Å²) in [6.07, 6.45) is -2.24. The molecular weight excluding hydrogens is 523 g/mol. The number of rotatable bonds is 5. The second kappa shape index (κ2) is 9.79. The van der Waals surface area contributed by atoms with Crippen molar-refractivity contribution >= 4 is 49.4 Å². The fraction of sp³-hybridized carbons (Fsp3) is 0.231. The molecule has 1 N–H and O–H groups in total. The molecule has 11 heteroatoms. The quantitative estimate of drug-likeness (QED) is 0.326. The maximum absolute atomic E-state index is 13.0. The van der Waals surface area contributed by atoms with E-state index in [1.54, 1.807) is 52.7 Å². The Morgan fingerprint density at radius 1 is 1.03 bits per heavy atom. The van der Waals surface area contributed by atoms with Gasteiger partial charge < -0.3 is 10.2 Å². The van der Waals surface area contributed by atoms with Crippen molar-refractivity contribution in [3.05, 3.63) is 83.4 Å². The van der Waals surface area contributed by atoms with Gasteiger partial charge in [-0.2, -0.15) is 13.2 Å². The maximum atomic E-state index is 13.0. The van der Waals surface area contributed by atoms with Crippen LogP contribution in [0.25, 0.3) is 10.9 Å². The number of carbonyl (C=O) groups is 1. The van der Waals surface area contributed by atoms with Crippen molar-refractivity contribution < 1.29 is 26.4 Å². The Labute approximate surface area is 215 Å². The first kappa shape index (κ1) is 25.2. The molecule has 5 rings (SSSR count). The Kier molecular flexibility index (Phi) is 6.67. The minimum Gasteiger partial charge on any atom is -0.355 e. The summed E-state index contributed by atoms with van der Waals surface area (Å²) in [6.45, 7) is 0.716. The molecule has 2 aromatic heterocycles. The first-order valence-electron chi connectivity index (χ1n) is 11.5. The van der Waals surface area contributed by atoms with Gasteiger partial charge in [-0.1, -0.05) is 12.1 Å². The van der Waals surface area contributed by atoms with Gasteiger partial charge in [0.2, 0.25) is 0 Å². The number of aromatic nitrogens is 1. The number of amides is 1. The van der Waals surface area contributed by atoms with Crippen LogP contribution in [0.4, 0.5) is 24.5 Å². The van der Waals surface area contributed by atoms with Crippen LogP contribution in [0.1, 0.15) is 28.8 Å². The van der Waals surface area contributed by atoms with E-state index in [-0.39, 0.29) is 11.4 Å². The summed E-state index contributed by atoms with van der Waals surface area (Å²) in [4.78, 5) is 18.7. The lowest BCUT2D eigenvalue weighted by molar-refractivity contribution is -0.137. The summed E-state index contributed by atoms with van der Waals surface area (Å²) in [5.41, 5.74) is 1.17. The summed E-state index contributed by atoms with van der Waals surface area (Å²) < 4.78 is 65.0. The van der Waals surface area contributed by atoms with E-state index >= 15 is 0 Å². The Morgan fingerprint density at radius 3 is 2.41 bits per heavy atom. The smallest absolute Gasteiger partial charge is 0.355 e. The molecule has 1 amide bonds. The molecular formula is C26H22F3N3O3S2. The minimum absolute atomic E-state index is 0.174. The third-order valence-electron chi connectivity index (χ3n) is 6.42. The zero-order valence-corrected chi connectivity index (χ0v) is 21.0. The largest absolute Gasteiger partial charge is 0.416 e. The topological polar surface area (TPSA) is 79.4 Å². The number of likely N-dealkylation sites (tertiary alicyclic amines) is 1. The molecule has 0 aliphatic carbocycles. The number of carbonyl (C=O) groups excluding carboxylic acids is 1. The first-order chi connectivity index (χ1) is 17.6. The fourth-order valence-corrected chi connectivity index (χ4v) is 7.41. The molecule has 6 nitrogen and oxygen atoms in total. The number of hydrogen-bond acceptors (Lipinski definition) is 6. The Balaban J connectivity index is 1.25. The van der Waals surface area contributed by atoms with Crippen LogP contribution in [-0.2, 0) is 16.0 Å². The summed E-state index contributed by atoms with van der Waals surface area (Å²) in [5, 5.41) is 4.96. The highest BCUT2D eigenvalue weighted by Crippen LogP contribution is 2.33. The van der Waals surface area contributed by atoms with Crippen molar-refractivity contribution in [2.45, 2.75) is 28.5 Å². The van der Waals surface area contributed by atoms with Crippen molar-refractivity contribution in [3.8, 4) is 0 Å². The van der Waals surface area contributed by atoms with Crippen LogP contribution in [0.3, 0.4) is 0 Å². The highest BCUT2D eigenvalue weighted by atomic mass is 32.2.